The lowest BCUT2D eigenvalue weighted by Crippen LogP contribution is -2.48. The van der Waals surface area contributed by atoms with Gasteiger partial charge in [-0.1, -0.05) is 6.07 Å². The van der Waals surface area contributed by atoms with Crippen molar-refractivity contribution >= 4 is 11.6 Å². The molecule has 35 heavy (non-hydrogen) atoms. The van der Waals surface area contributed by atoms with Gasteiger partial charge in [-0.25, -0.2) is 4.68 Å². The Morgan fingerprint density at radius 3 is 2.23 bits per heavy atom. The molecule has 11 heteroatoms. The van der Waals surface area contributed by atoms with Crippen LogP contribution in [0.25, 0.3) is 5.69 Å². The summed E-state index contributed by atoms with van der Waals surface area (Å²) in [6, 6.07) is 11.5. The molecule has 11 nitrogen and oxygen atoms in total. The summed E-state index contributed by atoms with van der Waals surface area (Å²) >= 11 is 0. The molecule has 1 aromatic heterocycles. The first kappa shape index (κ1) is 24.0. The van der Waals surface area contributed by atoms with Crippen LogP contribution in [0.15, 0.2) is 48.7 Å². The summed E-state index contributed by atoms with van der Waals surface area (Å²) < 4.78 is 18.0. The van der Waals surface area contributed by atoms with Crippen LogP contribution < -0.4 is 14.2 Å². The minimum atomic E-state index is -0.456. The molecule has 2 aromatic carbocycles. The summed E-state index contributed by atoms with van der Waals surface area (Å²) in [6.07, 6.45) is 1.67. The summed E-state index contributed by atoms with van der Waals surface area (Å²) in [5.74, 6) is 1.66. The van der Waals surface area contributed by atoms with Crippen molar-refractivity contribution in [1.82, 2.24) is 19.6 Å². The molecule has 0 atom stereocenters. The zero-order chi connectivity index (χ0) is 24.9. The van der Waals surface area contributed by atoms with E-state index in [0.717, 1.165) is 5.56 Å². The number of nitrogens with zero attached hydrogens (tertiary/aromatic N) is 5. The SMILES string of the molecule is COc1ccc(CN2CCN(C(=O)c3ccn(-c4ccc([N+](=O)[O-])cc4)n3)CC2)c(OC)c1OC. The molecule has 2 heterocycles. The Balaban J connectivity index is 1.38. The lowest BCUT2D eigenvalue weighted by atomic mass is 10.1. The van der Waals surface area contributed by atoms with Gasteiger partial charge in [0.2, 0.25) is 5.75 Å². The number of hydrogen-bond acceptors (Lipinski definition) is 8. The molecule has 0 N–H and O–H groups in total. The van der Waals surface area contributed by atoms with Crippen LogP contribution in [0.2, 0.25) is 0 Å². The van der Waals surface area contributed by atoms with E-state index in [2.05, 4.69) is 10.00 Å². The van der Waals surface area contributed by atoms with E-state index in [1.165, 1.54) is 16.8 Å². The second kappa shape index (κ2) is 10.4. The molecule has 3 aromatic rings. The van der Waals surface area contributed by atoms with Gasteiger partial charge in [0, 0.05) is 56.6 Å². The van der Waals surface area contributed by atoms with Crippen molar-refractivity contribution in [2.24, 2.45) is 0 Å². The highest BCUT2D eigenvalue weighted by Gasteiger charge is 2.25. The minimum Gasteiger partial charge on any atom is -0.493 e. The molecule has 0 spiro atoms. The molecule has 0 aliphatic carbocycles. The number of carbonyl (C=O) groups is 1. The first-order valence-corrected chi connectivity index (χ1v) is 11.0. The second-order valence-electron chi connectivity index (χ2n) is 7.98. The number of amides is 1. The molecule has 1 fully saturated rings. The highest BCUT2D eigenvalue weighted by atomic mass is 16.6. The fraction of sp³-hybridized carbons (Fsp3) is 0.333. The number of rotatable bonds is 8. The number of ether oxygens (including phenoxy) is 3. The van der Waals surface area contributed by atoms with Crippen LogP contribution in [-0.4, -0.2) is 77.9 Å². The first-order valence-electron chi connectivity index (χ1n) is 11.0. The van der Waals surface area contributed by atoms with Gasteiger partial charge in [-0.2, -0.15) is 5.10 Å². The van der Waals surface area contributed by atoms with Gasteiger partial charge in [-0.3, -0.25) is 19.8 Å². The molecule has 0 radical (unpaired) electrons. The standard InChI is InChI=1S/C24H27N5O6/c1-33-21-9-4-17(22(34-2)23(21)35-3)16-26-12-14-27(15-13-26)24(30)20-10-11-28(25-20)18-5-7-19(8-6-18)29(31)32/h4-11H,12-16H2,1-3H3. The van der Waals surface area contributed by atoms with Gasteiger partial charge in [-0.05, 0) is 24.3 Å². The summed E-state index contributed by atoms with van der Waals surface area (Å²) in [5, 5.41) is 15.2. The third-order valence-corrected chi connectivity index (χ3v) is 5.97. The molecular formula is C24H27N5O6. The van der Waals surface area contributed by atoms with Crippen LogP contribution in [0.3, 0.4) is 0 Å². The van der Waals surface area contributed by atoms with E-state index in [0.29, 0.717) is 61.4 Å². The predicted molar refractivity (Wildman–Crippen MR) is 127 cm³/mol. The van der Waals surface area contributed by atoms with Crippen LogP contribution in [-0.2, 0) is 6.54 Å². The maximum atomic E-state index is 13.0. The fourth-order valence-corrected chi connectivity index (χ4v) is 4.11. The monoisotopic (exact) mass is 481 g/mol. The zero-order valence-electron chi connectivity index (χ0n) is 19.8. The maximum absolute atomic E-state index is 13.0. The third kappa shape index (κ3) is 5.04. The second-order valence-corrected chi connectivity index (χ2v) is 7.98. The molecule has 184 valence electrons. The van der Waals surface area contributed by atoms with Crippen molar-refractivity contribution in [3.05, 3.63) is 70.0 Å². The average Bonchev–Trinajstić information content (AvgIpc) is 3.38. The molecule has 4 rings (SSSR count). The number of piperazine rings is 1. The van der Waals surface area contributed by atoms with E-state index in [9.17, 15) is 14.9 Å². The van der Waals surface area contributed by atoms with Gasteiger partial charge in [0.25, 0.3) is 11.6 Å². The molecule has 1 aliphatic rings. The summed E-state index contributed by atoms with van der Waals surface area (Å²) in [7, 11) is 4.77. The van der Waals surface area contributed by atoms with E-state index < -0.39 is 4.92 Å². The minimum absolute atomic E-state index is 0.000723. The number of benzene rings is 2. The largest absolute Gasteiger partial charge is 0.493 e. The van der Waals surface area contributed by atoms with E-state index in [4.69, 9.17) is 14.2 Å². The predicted octanol–water partition coefficient (Wildman–Crippen LogP) is 2.76. The number of methoxy groups -OCH3 is 3. The molecular weight excluding hydrogens is 454 g/mol. The lowest BCUT2D eigenvalue weighted by molar-refractivity contribution is -0.384. The number of aromatic nitrogens is 2. The van der Waals surface area contributed by atoms with E-state index in [1.54, 1.807) is 50.6 Å². The van der Waals surface area contributed by atoms with Crippen molar-refractivity contribution in [1.29, 1.82) is 0 Å². The summed E-state index contributed by atoms with van der Waals surface area (Å²) in [5.41, 5.74) is 1.95. The van der Waals surface area contributed by atoms with Crippen molar-refractivity contribution in [3.8, 4) is 22.9 Å². The van der Waals surface area contributed by atoms with Gasteiger partial charge >= 0.3 is 0 Å². The smallest absolute Gasteiger partial charge is 0.274 e. The Morgan fingerprint density at radius 2 is 1.63 bits per heavy atom. The number of hydrogen-bond donors (Lipinski definition) is 0. The number of carbonyl (C=O) groups excluding carboxylic acids is 1. The first-order chi connectivity index (χ1) is 16.9. The van der Waals surface area contributed by atoms with Crippen LogP contribution in [0.1, 0.15) is 16.1 Å². The topological polar surface area (TPSA) is 112 Å². The van der Waals surface area contributed by atoms with Crippen LogP contribution >= 0.6 is 0 Å². The quantitative estimate of drug-likeness (QED) is 0.357. The van der Waals surface area contributed by atoms with Crippen molar-refractivity contribution in [2.75, 3.05) is 47.5 Å². The van der Waals surface area contributed by atoms with Gasteiger partial charge in [0.1, 0.15) is 0 Å². The van der Waals surface area contributed by atoms with Gasteiger partial charge < -0.3 is 19.1 Å². The zero-order valence-corrected chi connectivity index (χ0v) is 19.8. The Kier molecular flexibility index (Phi) is 7.16. The van der Waals surface area contributed by atoms with Crippen molar-refractivity contribution in [2.45, 2.75) is 6.54 Å². The maximum Gasteiger partial charge on any atom is 0.274 e. The molecule has 1 aliphatic heterocycles. The lowest BCUT2D eigenvalue weighted by Gasteiger charge is -2.34. The van der Waals surface area contributed by atoms with E-state index >= 15 is 0 Å². The van der Waals surface area contributed by atoms with Crippen molar-refractivity contribution < 1.29 is 23.9 Å². The third-order valence-electron chi connectivity index (χ3n) is 5.97. The van der Waals surface area contributed by atoms with Crippen LogP contribution in [0.5, 0.6) is 17.2 Å². The van der Waals surface area contributed by atoms with Gasteiger partial charge in [-0.15, -0.1) is 0 Å². The number of non-ortho nitro benzene ring substituents is 1. The van der Waals surface area contributed by atoms with E-state index in [-0.39, 0.29) is 11.6 Å². The Bertz CT molecular complexity index is 1200. The molecule has 1 saturated heterocycles. The number of nitro benzene ring substituents is 1. The summed E-state index contributed by atoms with van der Waals surface area (Å²) in [4.78, 5) is 27.4. The fourth-order valence-electron chi connectivity index (χ4n) is 4.11. The Labute approximate surface area is 202 Å². The number of nitro groups is 1. The summed E-state index contributed by atoms with van der Waals surface area (Å²) in [6.45, 7) is 3.19. The average molecular weight is 482 g/mol. The molecule has 0 bridgehead atoms. The Morgan fingerprint density at radius 1 is 0.943 bits per heavy atom. The van der Waals surface area contributed by atoms with Crippen LogP contribution in [0, 0.1) is 10.1 Å². The normalized spacial score (nSPS) is 14.0. The Hall–Kier alpha value is -4.12. The molecule has 0 unspecified atom stereocenters. The highest BCUT2D eigenvalue weighted by Crippen LogP contribution is 2.40. The van der Waals surface area contributed by atoms with Gasteiger partial charge in [0.05, 0.1) is 31.9 Å². The molecule has 1 amide bonds. The van der Waals surface area contributed by atoms with Crippen molar-refractivity contribution in [3.63, 3.8) is 0 Å². The highest BCUT2D eigenvalue weighted by molar-refractivity contribution is 5.92. The van der Waals surface area contributed by atoms with Gasteiger partial charge in [0.15, 0.2) is 17.2 Å². The van der Waals surface area contributed by atoms with E-state index in [1.807, 2.05) is 12.1 Å². The van der Waals surface area contributed by atoms with Crippen LogP contribution in [0.4, 0.5) is 5.69 Å². The molecule has 0 saturated carbocycles.